The SMILES string of the molecule is CC1(NC(=O)OC(C)(C)C)CCN(c2nc3ccc(Sc4cccc(N)c4)nc3[nH]2)CC1. The van der Waals surface area contributed by atoms with Crippen LogP contribution in [-0.4, -0.2) is 45.3 Å². The molecule has 4 rings (SSSR count). The van der Waals surface area contributed by atoms with Crippen molar-refractivity contribution in [2.75, 3.05) is 23.7 Å². The minimum Gasteiger partial charge on any atom is -0.444 e. The first-order valence-corrected chi connectivity index (χ1v) is 11.6. The first-order valence-electron chi connectivity index (χ1n) is 10.7. The molecule has 0 bridgehead atoms. The summed E-state index contributed by atoms with van der Waals surface area (Å²) in [4.78, 5) is 28.2. The van der Waals surface area contributed by atoms with Crippen molar-refractivity contribution in [2.24, 2.45) is 0 Å². The van der Waals surface area contributed by atoms with Crippen molar-refractivity contribution in [1.29, 1.82) is 0 Å². The molecule has 0 saturated carbocycles. The number of carbonyl (C=O) groups is 1. The molecule has 0 atom stereocenters. The molecule has 0 radical (unpaired) electrons. The van der Waals surface area contributed by atoms with E-state index in [0.717, 1.165) is 58.7 Å². The number of amides is 1. The lowest BCUT2D eigenvalue weighted by Gasteiger charge is -2.40. The summed E-state index contributed by atoms with van der Waals surface area (Å²) in [6.07, 6.45) is 1.23. The summed E-state index contributed by atoms with van der Waals surface area (Å²) in [6, 6.07) is 11.7. The maximum Gasteiger partial charge on any atom is 0.408 e. The third-order valence-electron chi connectivity index (χ3n) is 5.35. The smallest absolute Gasteiger partial charge is 0.408 e. The van der Waals surface area contributed by atoms with Crippen LogP contribution in [0.4, 0.5) is 16.4 Å². The summed E-state index contributed by atoms with van der Waals surface area (Å²) >= 11 is 1.57. The van der Waals surface area contributed by atoms with Crippen molar-refractivity contribution in [1.82, 2.24) is 20.3 Å². The molecular weight excluding hydrogens is 424 g/mol. The van der Waals surface area contributed by atoms with Gasteiger partial charge in [0.25, 0.3) is 0 Å². The zero-order chi connectivity index (χ0) is 22.9. The average molecular weight is 455 g/mol. The van der Waals surface area contributed by atoms with Crippen LogP contribution < -0.4 is 16.0 Å². The molecule has 1 fully saturated rings. The number of H-pyrrole nitrogens is 1. The molecule has 1 amide bonds. The summed E-state index contributed by atoms with van der Waals surface area (Å²) < 4.78 is 5.42. The predicted octanol–water partition coefficient (Wildman–Crippen LogP) is 4.57. The highest BCUT2D eigenvalue weighted by Gasteiger charge is 2.34. The van der Waals surface area contributed by atoms with Gasteiger partial charge in [0.15, 0.2) is 5.65 Å². The largest absolute Gasteiger partial charge is 0.444 e. The van der Waals surface area contributed by atoms with Crippen LogP contribution in [0.5, 0.6) is 0 Å². The highest BCUT2D eigenvalue weighted by Crippen LogP contribution is 2.30. The van der Waals surface area contributed by atoms with Crippen LogP contribution in [0.2, 0.25) is 0 Å². The van der Waals surface area contributed by atoms with Gasteiger partial charge in [0.1, 0.15) is 16.1 Å². The van der Waals surface area contributed by atoms with E-state index < -0.39 is 5.60 Å². The summed E-state index contributed by atoms with van der Waals surface area (Å²) in [5.74, 6) is 0.804. The quantitative estimate of drug-likeness (QED) is 0.495. The van der Waals surface area contributed by atoms with Gasteiger partial charge in [0.2, 0.25) is 5.95 Å². The molecule has 32 heavy (non-hydrogen) atoms. The number of nitrogens with two attached hydrogens (primary N) is 1. The van der Waals surface area contributed by atoms with E-state index >= 15 is 0 Å². The number of rotatable bonds is 4. The number of nitrogens with zero attached hydrogens (tertiary/aromatic N) is 3. The van der Waals surface area contributed by atoms with E-state index in [-0.39, 0.29) is 11.6 Å². The van der Waals surface area contributed by atoms with Gasteiger partial charge in [0, 0.05) is 29.2 Å². The fourth-order valence-corrected chi connectivity index (χ4v) is 4.51. The Balaban J connectivity index is 1.41. The number of nitrogen functional groups attached to an aromatic ring is 1. The second kappa shape index (κ2) is 8.54. The maximum absolute atomic E-state index is 12.2. The summed E-state index contributed by atoms with van der Waals surface area (Å²) in [6.45, 7) is 9.22. The van der Waals surface area contributed by atoms with Crippen LogP contribution in [-0.2, 0) is 4.74 Å². The molecule has 0 spiro atoms. The first kappa shape index (κ1) is 22.3. The first-order chi connectivity index (χ1) is 15.1. The number of nitrogens with one attached hydrogen (secondary N) is 2. The molecule has 9 heteroatoms. The number of ether oxygens (including phenoxy) is 1. The number of alkyl carbamates (subject to hydrolysis) is 1. The summed E-state index contributed by atoms with van der Waals surface area (Å²) in [5.41, 5.74) is 7.39. The Kier molecular flexibility index (Phi) is 5.94. The van der Waals surface area contributed by atoms with E-state index in [9.17, 15) is 4.79 Å². The number of imidazole rings is 1. The molecule has 1 aromatic carbocycles. The Hall–Kier alpha value is -2.94. The van der Waals surface area contributed by atoms with Gasteiger partial charge in [-0.05, 0) is 70.9 Å². The molecule has 4 N–H and O–H groups in total. The van der Waals surface area contributed by atoms with Gasteiger partial charge >= 0.3 is 6.09 Å². The molecular formula is C23H30N6O2S. The highest BCUT2D eigenvalue weighted by molar-refractivity contribution is 7.99. The number of pyridine rings is 1. The van der Waals surface area contributed by atoms with Gasteiger partial charge in [-0.25, -0.2) is 14.8 Å². The Bertz CT molecular complexity index is 1120. The van der Waals surface area contributed by atoms with Crippen LogP contribution in [0.3, 0.4) is 0 Å². The lowest BCUT2D eigenvalue weighted by Crippen LogP contribution is -2.54. The second-order valence-corrected chi connectivity index (χ2v) is 10.5. The van der Waals surface area contributed by atoms with Gasteiger partial charge in [-0.3, -0.25) is 0 Å². The second-order valence-electron chi connectivity index (χ2n) is 9.43. The normalized spacial score (nSPS) is 16.2. The topological polar surface area (TPSA) is 109 Å². The number of piperidine rings is 1. The lowest BCUT2D eigenvalue weighted by atomic mass is 9.90. The summed E-state index contributed by atoms with van der Waals surface area (Å²) in [7, 11) is 0. The number of anilines is 2. The molecule has 8 nitrogen and oxygen atoms in total. The highest BCUT2D eigenvalue weighted by atomic mass is 32.2. The molecule has 1 aliphatic rings. The third-order valence-corrected chi connectivity index (χ3v) is 6.28. The van der Waals surface area contributed by atoms with Crippen molar-refractivity contribution in [3.63, 3.8) is 0 Å². The van der Waals surface area contributed by atoms with Gasteiger partial charge < -0.3 is 25.7 Å². The van der Waals surface area contributed by atoms with Gasteiger partial charge in [-0.1, -0.05) is 17.8 Å². The van der Waals surface area contributed by atoms with E-state index in [1.807, 2.05) is 57.2 Å². The number of hydrogen-bond acceptors (Lipinski definition) is 7. The van der Waals surface area contributed by atoms with Gasteiger partial charge in [-0.15, -0.1) is 0 Å². The van der Waals surface area contributed by atoms with Crippen molar-refractivity contribution in [3.05, 3.63) is 36.4 Å². The Labute approximate surface area is 192 Å². The molecule has 3 aromatic rings. The average Bonchev–Trinajstić information content (AvgIpc) is 3.10. The summed E-state index contributed by atoms with van der Waals surface area (Å²) in [5, 5.41) is 3.92. The Morgan fingerprint density at radius 3 is 2.66 bits per heavy atom. The van der Waals surface area contributed by atoms with E-state index in [2.05, 4.69) is 22.1 Å². The molecule has 170 valence electrons. The van der Waals surface area contributed by atoms with Crippen molar-refractivity contribution >= 4 is 40.7 Å². The fourth-order valence-electron chi connectivity index (χ4n) is 3.66. The minimum atomic E-state index is -0.507. The number of aromatic nitrogens is 3. The molecule has 2 aromatic heterocycles. The Morgan fingerprint density at radius 2 is 1.97 bits per heavy atom. The number of benzene rings is 1. The predicted molar refractivity (Wildman–Crippen MR) is 128 cm³/mol. The van der Waals surface area contributed by atoms with Crippen LogP contribution in [0.1, 0.15) is 40.5 Å². The number of aromatic amines is 1. The standard InChI is InChI=1S/C23H30N6O2S/c1-22(2,3)31-21(30)28-23(4)10-12-29(13-11-23)20-25-17-8-9-18(26-19(17)27-20)32-16-7-5-6-15(24)14-16/h5-9,14H,10-13,24H2,1-4H3,(H,28,30)(H,25,26,27). The van der Waals surface area contributed by atoms with E-state index in [1.165, 1.54) is 0 Å². The van der Waals surface area contributed by atoms with Crippen molar-refractivity contribution in [3.8, 4) is 0 Å². The van der Waals surface area contributed by atoms with Gasteiger partial charge in [-0.2, -0.15) is 0 Å². The fraction of sp³-hybridized carbons (Fsp3) is 0.435. The number of carbonyl (C=O) groups excluding carboxylic acids is 1. The minimum absolute atomic E-state index is 0.301. The zero-order valence-corrected chi connectivity index (χ0v) is 19.8. The number of fused-ring (bicyclic) bond motifs is 1. The molecule has 1 saturated heterocycles. The van der Waals surface area contributed by atoms with Crippen LogP contribution in [0, 0.1) is 0 Å². The van der Waals surface area contributed by atoms with E-state index in [4.69, 9.17) is 20.4 Å². The monoisotopic (exact) mass is 454 g/mol. The lowest BCUT2D eigenvalue weighted by molar-refractivity contribution is 0.0448. The van der Waals surface area contributed by atoms with Crippen molar-refractivity contribution < 1.29 is 9.53 Å². The molecule has 0 unspecified atom stereocenters. The van der Waals surface area contributed by atoms with Gasteiger partial charge in [0.05, 0.1) is 0 Å². The third kappa shape index (κ3) is 5.45. The van der Waals surface area contributed by atoms with Crippen molar-refractivity contribution in [2.45, 2.75) is 61.6 Å². The van der Waals surface area contributed by atoms with E-state index in [1.54, 1.807) is 11.8 Å². The van der Waals surface area contributed by atoms with Crippen LogP contribution in [0.25, 0.3) is 11.2 Å². The maximum atomic E-state index is 12.2. The number of hydrogen-bond donors (Lipinski definition) is 3. The molecule has 3 heterocycles. The van der Waals surface area contributed by atoms with E-state index in [0.29, 0.717) is 0 Å². The zero-order valence-electron chi connectivity index (χ0n) is 18.9. The Morgan fingerprint density at radius 1 is 1.22 bits per heavy atom. The van der Waals surface area contributed by atoms with Crippen LogP contribution >= 0.6 is 11.8 Å². The van der Waals surface area contributed by atoms with Crippen LogP contribution in [0.15, 0.2) is 46.3 Å². The molecule has 1 aliphatic heterocycles. The molecule has 0 aliphatic carbocycles.